The van der Waals surface area contributed by atoms with Crippen LogP contribution in [0.5, 0.6) is 0 Å². The highest BCUT2D eigenvalue weighted by Crippen LogP contribution is 2.28. The van der Waals surface area contributed by atoms with Crippen LogP contribution in [-0.4, -0.2) is 36.1 Å². The minimum atomic E-state index is 0.290. The van der Waals surface area contributed by atoms with E-state index < -0.39 is 0 Å². The Morgan fingerprint density at radius 2 is 2.00 bits per heavy atom. The predicted octanol–water partition coefficient (Wildman–Crippen LogP) is 2.79. The molecule has 0 radical (unpaired) electrons. The summed E-state index contributed by atoms with van der Waals surface area (Å²) in [7, 11) is 0. The molecule has 1 aliphatic heterocycles. The van der Waals surface area contributed by atoms with Gasteiger partial charge in [-0.05, 0) is 24.8 Å². The summed E-state index contributed by atoms with van der Waals surface area (Å²) in [6.45, 7) is 1.48. The van der Waals surface area contributed by atoms with E-state index in [9.17, 15) is 4.79 Å². The van der Waals surface area contributed by atoms with Crippen molar-refractivity contribution in [2.75, 3.05) is 13.2 Å². The molecule has 2 atom stereocenters. The van der Waals surface area contributed by atoms with Crippen LogP contribution in [0.3, 0.4) is 0 Å². The van der Waals surface area contributed by atoms with Crippen LogP contribution in [0.25, 0.3) is 0 Å². The standard InChI is InChI=1S/C17H23NO2/c19-17(11-10-14-6-2-1-3-7-14)18-12-13-20-16-9-5-4-8-15(16)18/h1-3,6-7,15-16H,4-5,8-13H2/t15-,16+/m1/s1. The van der Waals surface area contributed by atoms with Gasteiger partial charge in [0.1, 0.15) is 0 Å². The lowest BCUT2D eigenvalue weighted by atomic mass is 9.90. The number of rotatable bonds is 3. The van der Waals surface area contributed by atoms with Crippen LogP contribution >= 0.6 is 0 Å². The van der Waals surface area contributed by atoms with E-state index in [1.165, 1.54) is 18.4 Å². The summed E-state index contributed by atoms with van der Waals surface area (Å²) in [4.78, 5) is 14.6. The summed E-state index contributed by atoms with van der Waals surface area (Å²) < 4.78 is 5.83. The van der Waals surface area contributed by atoms with Crippen molar-refractivity contribution in [1.82, 2.24) is 4.90 Å². The zero-order chi connectivity index (χ0) is 13.8. The number of nitrogens with zero attached hydrogens (tertiary/aromatic N) is 1. The van der Waals surface area contributed by atoms with E-state index in [-0.39, 0.29) is 6.10 Å². The third-order valence-electron chi connectivity index (χ3n) is 4.52. The smallest absolute Gasteiger partial charge is 0.223 e. The first kappa shape index (κ1) is 13.6. The summed E-state index contributed by atoms with van der Waals surface area (Å²) in [5.74, 6) is 0.300. The second-order valence-electron chi connectivity index (χ2n) is 5.83. The zero-order valence-electron chi connectivity index (χ0n) is 12.0. The Balaban J connectivity index is 1.58. The average Bonchev–Trinajstić information content (AvgIpc) is 2.53. The van der Waals surface area contributed by atoms with E-state index in [4.69, 9.17) is 4.74 Å². The lowest BCUT2D eigenvalue weighted by Crippen LogP contribution is -2.54. The molecule has 1 saturated carbocycles. The number of carbonyl (C=O) groups excluding carboxylic acids is 1. The zero-order valence-corrected chi connectivity index (χ0v) is 12.0. The van der Waals surface area contributed by atoms with Crippen LogP contribution in [0.15, 0.2) is 30.3 Å². The van der Waals surface area contributed by atoms with Gasteiger partial charge >= 0.3 is 0 Å². The molecular formula is C17H23NO2. The summed E-state index contributed by atoms with van der Waals surface area (Å²) in [6.07, 6.45) is 6.45. The highest BCUT2D eigenvalue weighted by molar-refractivity contribution is 5.77. The first-order chi connectivity index (χ1) is 9.84. The van der Waals surface area contributed by atoms with E-state index >= 15 is 0 Å². The van der Waals surface area contributed by atoms with Gasteiger partial charge < -0.3 is 9.64 Å². The van der Waals surface area contributed by atoms with E-state index in [1.54, 1.807) is 0 Å². The molecule has 0 spiro atoms. The monoisotopic (exact) mass is 273 g/mol. The molecule has 3 nitrogen and oxygen atoms in total. The summed E-state index contributed by atoms with van der Waals surface area (Å²) in [6, 6.07) is 10.6. The fourth-order valence-electron chi connectivity index (χ4n) is 3.45. The molecule has 0 unspecified atom stereocenters. The van der Waals surface area contributed by atoms with E-state index in [2.05, 4.69) is 17.0 Å². The number of morpholine rings is 1. The summed E-state index contributed by atoms with van der Waals surface area (Å²) in [5, 5.41) is 0. The first-order valence-corrected chi connectivity index (χ1v) is 7.79. The number of benzene rings is 1. The Bertz CT molecular complexity index is 444. The van der Waals surface area contributed by atoms with Crippen LogP contribution in [0, 0.1) is 0 Å². The molecule has 1 saturated heterocycles. The highest BCUT2D eigenvalue weighted by Gasteiger charge is 2.36. The van der Waals surface area contributed by atoms with Crippen molar-refractivity contribution in [3.05, 3.63) is 35.9 Å². The van der Waals surface area contributed by atoms with Gasteiger partial charge in [-0.3, -0.25) is 4.79 Å². The fourth-order valence-corrected chi connectivity index (χ4v) is 3.45. The van der Waals surface area contributed by atoms with Crippen molar-refractivity contribution in [1.29, 1.82) is 0 Å². The molecule has 2 fully saturated rings. The van der Waals surface area contributed by atoms with Gasteiger partial charge in [-0.1, -0.05) is 43.2 Å². The Kier molecular flexibility index (Phi) is 4.36. The molecule has 108 valence electrons. The van der Waals surface area contributed by atoms with Crippen LogP contribution in [0.2, 0.25) is 0 Å². The van der Waals surface area contributed by atoms with Crippen molar-refractivity contribution >= 4 is 5.91 Å². The molecule has 0 N–H and O–H groups in total. The molecule has 1 amide bonds. The van der Waals surface area contributed by atoms with Gasteiger partial charge in [0.2, 0.25) is 5.91 Å². The molecule has 0 aromatic heterocycles. The third-order valence-corrected chi connectivity index (χ3v) is 4.52. The molecule has 1 aromatic rings. The number of carbonyl (C=O) groups is 1. The van der Waals surface area contributed by atoms with Crippen molar-refractivity contribution in [3.8, 4) is 0 Å². The van der Waals surface area contributed by atoms with Gasteiger partial charge in [0.25, 0.3) is 0 Å². The average molecular weight is 273 g/mol. The molecule has 20 heavy (non-hydrogen) atoms. The topological polar surface area (TPSA) is 29.5 Å². The molecule has 1 aromatic carbocycles. The Labute approximate surface area is 120 Å². The number of amides is 1. The molecular weight excluding hydrogens is 250 g/mol. The number of ether oxygens (including phenoxy) is 1. The minimum absolute atomic E-state index is 0.290. The summed E-state index contributed by atoms with van der Waals surface area (Å²) >= 11 is 0. The van der Waals surface area contributed by atoms with E-state index in [1.807, 2.05) is 18.2 Å². The van der Waals surface area contributed by atoms with Crippen LogP contribution < -0.4 is 0 Å². The number of aryl methyl sites for hydroxylation is 1. The summed E-state index contributed by atoms with van der Waals surface area (Å²) in [5.41, 5.74) is 1.24. The van der Waals surface area contributed by atoms with Crippen LogP contribution in [-0.2, 0) is 16.0 Å². The SMILES string of the molecule is O=C(CCc1ccccc1)N1CCO[C@H]2CCCC[C@H]21. The lowest BCUT2D eigenvalue weighted by Gasteiger charge is -2.43. The van der Waals surface area contributed by atoms with Gasteiger partial charge in [0, 0.05) is 13.0 Å². The number of hydrogen-bond acceptors (Lipinski definition) is 2. The molecule has 0 bridgehead atoms. The third kappa shape index (κ3) is 3.04. The largest absolute Gasteiger partial charge is 0.374 e. The molecule has 3 rings (SSSR count). The number of hydrogen-bond donors (Lipinski definition) is 0. The Morgan fingerprint density at radius 1 is 1.20 bits per heavy atom. The maximum Gasteiger partial charge on any atom is 0.223 e. The van der Waals surface area contributed by atoms with Crippen molar-refractivity contribution in [2.45, 2.75) is 50.7 Å². The minimum Gasteiger partial charge on any atom is -0.374 e. The maximum atomic E-state index is 12.5. The van der Waals surface area contributed by atoms with Crippen LogP contribution in [0.4, 0.5) is 0 Å². The van der Waals surface area contributed by atoms with Gasteiger partial charge in [-0.2, -0.15) is 0 Å². The van der Waals surface area contributed by atoms with Crippen molar-refractivity contribution in [2.24, 2.45) is 0 Å². The Morgan fingerprint density at radius 3 is 2.85 bits per heavy atom. The molecule has 1 heterocycles. The second kappa shape index (κ2) is 6.40. The number of fused-ring (bicyclic) bond motifs is 1. The van der Waals surface area contributed by atoms with Crippen molar-refractivity contribution < 1.29 is 9.53 Å². The highest BCUT2D eigenvalue weighted by atomic mass is 16.5. The van der Waals surface area contributed by atoms with E-state index in [0.29, 0.717) is 25.0 Å². The normalized spacial score (nSPS) is 26.1. The molecule has 1 aliphatic carbocycles. The molecule has 3 heteroatoms. The second-order valence-corrected chi connectivity index (χ2v) is 5.83. The fraction of sp³-hybridized carbons (Fsp3) is 0.588. The van der Waals surface area contributed by atoms with Gasteiger partial charge in [0.05, 0.1) is 18.8 Å². The quantitative estimate of drug-likeness (QED) is 0.847. The maximum absolute atomic E-state index is 12.5. The lowest BCUT2D eigenvalue weighted by molar-refractivity contribution is -0.149. The van der Waals surface area contributed by atoms with Crippen molar-refractivity contribution in [3.63, 3.8) is 0 Å². The van der Waals surface area contributed by atoms with Gasteiger partial charge in [-0.25, -0.2) is 0 Å². The van der Waals surface area contributed by atoms with Gasteiger partial charge in [-0.15, -0.1) is 0 Å². The van der Waals surface area contributed by atoms with E-state index in [0.717, 1.165) is 25.8 Å². The first-order valence-electron chi connectivity index (χ1n) is 7.79. The van der Waals surface area contributed by atoms with Crippen LogP contribution in [0.1, 0.15) is 37.7 Å². The van der Waals surface area contributed by atoms with Gasteiger partial charge in [0.15, 0.2) is 0 Å². The molecule has 2 aliphatic rings. The Hall–Kier alpha value is -1.35. The predicted molar refractivity (Wildman–Crippen MR) is 78.5 cm³/mol.